The average molecular weight is 486 g/mol. The zero-order valence-electron chi connectivity index (χ0n) is 20.9. The van der Waals surface area contributed by atoms with E-state index in [9.17, 15) is 18.0 Å². The molecule has 7 nitrogen and oxygen atoms in total. The van der Waals surface area contributed by atoms with Crippen LogP contribution in [0.3, 0.4) is 0 Å². The van der Waals surface area contributed by atoms with E-state index >= 15 is 0 Å². The molecule has 34 heavy (non-hydrogen) atoms. The third-order valence-corrected chi connectivity index (χ3v) is 8.09. The number of sulfonamides is 1. The first kappa shape index (κ1) is 25.9. The summed E-state index contributed by atoms with van der Waals surface area (Å²) in [4.78, 5) is 26.9. The second-order valence-corrected chi connectivity index (χ2v) is 11.7. The number of hydrogen-bond acceptors (Lipinski definition) is 4. The number of amides is 2. The lowest BCUT2D eigenvalue weighted by Gasteiger charge is -2.34. The fourth-order valence-electron chi connectivity index (χ4n) is 4.78. The summed E-state index contributed by atoms with van der Waals surface area (Å²) < 4.78 is 27.7. The van der Waals surface area contributed by atoms with Crippen LogP contribution in [0.25, 0.3) is 0 Å². The Balaban J connectivity index is 1.66. The minimum Gasteiger partial charge on any atom is -0.332 e. The van der Waals surface area contributed by atoms with Crippen LogP contribution in [0.2, 0.25) is 0 Å². The van der Waals surface area contributed by atoms with Gasteiger partial charge in [-0.25, -0.2) is 8.42 Å². The highest BCUT2D eigenvalue weighted by Gasteiger charge is 2.31. The predicted molar refractivity (Wildman–Crippen MR) is 134 cm³/mol. The smallest absolute Gasteiger partial charge is 0.254 e. The van der Waals surface area contributed by atoms with Crippen LogP contribution in [-0.2, 0) is 14.8 Å². The summed E-state index contributed by atoms with van der Waals surface area (Å²) in [6.07, 6.45) is 1.02. The lowest BCUT2D eigenvalue weighted by Crippen LogP contribution is -2.42. The quantitative estimate of drug-likeness (QED) is 0.670. The van der Waals surface area contributed by atoms with Crippen molar-refractivity contribution in [3.63, 3.8) is 0 Å². The van der Waals surface area contributed by atoms with E-state index < -0.39 is 10.0 Å². The molecule has 8 heteroatoms. The highest BCUT2D eigenvalue weighted by Crippen LogP contribution is 2.27. The Labute approximate surface area is 203 Å². The van der Waals surface area contributed by atoms with Crippen molar-refractivity contribution in [2.24, 2.45) is 11.8 Å². The van der Waals surface area contributed by atoms with Crippen molar-refractivity contribution >= 4 is 27.5 Å². The molecule has 1 aliphatic rings. The van der Waals surface area contributed by atoms with Crippen molar-refractivity contribution in [3.8, 4) is 0 Å². The summed E-state index contributed by atoms with van der Waals surface area (Å²) in [5.74, 6) is -0.0200. The van der Waals surface area contributed by atoms with E-state index in [0.717, 1.165) is 28.8 Å². The monoisotopic (exact) mass is 485 g/mol. The van der Waals surface area contributed by atoms with Gasteiger partial charge in [-0.15, -0.1) is 0 Å². The Bertz CT molecular complexity index is 1140. The summed E-state index contributed by atoms with van der Waals surface area (Å²) in [6, 6.07) is 9.96. The van der Waals surface area contributed by atoms with Crippen molar-refractivity contribution in [1.82, 2.24) is 9.21 Å². The Kier molecular flexibility index (Phi) is 7.83. The van der Waals surface area contributed by atoms with Crippen molar-refractivity contribution in [1.29, 1.82) is 0 Å². The molecule has 0 spiro atoms. The van der Waals surface area contributed by atoms with E-state index in [2.05, 4.69) is 19.2 Å². The number of carbonyl (C=O) groups excluding carboxylic acids is 2. The highest BCUT2D eigenvalue weighted by molar-refractivity contribution is 7.89. The van der Waals surface area contributed by atoms with Gasteiger partial charge in [0.25, 0.3) is 5.91 Å². The maximum atomic E-state index is 13.1. The third-order valence-electron chi connectivity index (χ3n) is 6.24. The molecule has 1 N–H and O–H groups in total. The third kappa shape index (κ3) is 5.85. The van der Waals surface area contributed by atoms with Crippen molar-refractivity contribution in [3.05, 3.63) is 58.7 Å². The second kappa shape index (κ2) is 10.3. The SMILES string of the molecule is Cc1cc(C)c(NC(=O)CN(C)C(=O)c2ccc(S(=O)(=O)N3C[C@H](C)C[C@@H](C)C3)cc2)c(C)c1. The van der Waals surface area contributed by atoms with Crippen LogP contribution in [0.1, 0.15) is 47.3 Å². The van der Waals surface area contributed by atoms with E-state index in [0.29, 0.717) is 30.5 Å². The van der Waals surface area contributed by atoms with Crippen LogP contribution in [0, 0.1) is 32.6 Å². The minimum atomic E-state index is -3.61. The summed E-state index contributed by atoms with van der Waals surface area (Å²) in [5.41, 5.74) is 4.14. The van der Waals surface area contributed by atoms with Crippen molar-refractivity contribution < 1.29 is 18.0 Å². The number of benzene rings is 2. The molecule has 0 saturated carbocycles. The van der Waals surface area contributed by atoms with Gasteiger partial charge in [-0.05, 0) is 74.4 Å². The largest absolute Gasteiger partial charge is 0.332 e. The van der Waals surface area contributed by atoms with Crippen molar-refractivity contribution in [2.75, 3.05) is 32.0 Å². The minimum absolute atomic E-state index is 0.116. The van der Waals surface area contributed by atoms with E-state index in [1.807, 2.05) is 32.9 Å². The molecule has 2 amide bonds. The number of aryl methyl sites for hydroxylation is 3. The summed E-state index contributed by atoms with van der Waals surface area (Å²) in [7, 11) is -2.06. The predicted octanol–water partition coefficient (Wildman–Crippen LogP) is 3.99. The maximum Gasteiger partial charge on any atom is 0.254 e. The molecule has 3 rings (SSSR count). The molecular weight excluding hydrogens is 450 g/mol. The number of likely N-dealkylation sites (N-methyl/N-ethyl adjacent to an activating group) is 1. The zero-order chi connectivity index (χ0) is 25.2. The summed E-state index contributed by atoms with van der Waals surface area (Å²) >= 11 is 0. The van der Waals surface area contributed by atoms with E-state index in [1.165, 1.54) is 33.5 Å². The first-order chi connectivity index (χ1) is 15.9. The fraction of sp³-hybridized carbons (Fsp3) is 0.462. The Morgan fingerprint density at radius 2 is 1.53 bits per heavy atom. The van der Waals surface area contributed by atoms with Gasteiger partial charge in [0.1, 0.15) is 0 Å². The number of carbonyl (C=O) groups is 2. The van der Waals surface area contributed by atoms with Crippen LogP contribution >= 0.6 is 0 Å². The van der Waals surface area contributed by atoms with Crippen LogP contribution in [-0.4, -0.2) is 56.1 Å². The standard InChI is InChI=1S/C26H35N3O4S/c1-17-12-20(4)25(21(5)13-17)27-24(30)16-28(6)26(31)22-7-9-23(10-8-22)34(32,33)29-14-18(2)11-19(3)15-29/h7-10,12-13,18-19H,11,14-16H2,1-6H3,(H,27,30)/t18-,19-/m1/s1. The van der Waals surface area contributed by atoms with Crippen LogP contribution in [0.4, 0.5) is 5.69 Å². The number of piperidine rings is 1. The Hall–Kier alpha value is -2.71. The number of anilines is 1. The van der Waals surface area contributed by atoms with E-state index in [4.69, 9.17) is 0 Å². The molecule has 0 bridgehead atoms. The van der Waals surface area contributed by atoms with Gasteiger partial charge in [-0.1, -0.05) is 31.5 Å². The molecule has 1 fully saturated rings. The summed E-state index contributed by atoms with van der Waals surface area (Å²) in [6.45, 7) is 10.9. The molecule has 1 aliphatic heterocycles. The van der Waals surface area contributed by atoms with Gasteiger partial charge in [-0.2, -0.15) is 4.31 Å². The molecule has 0 radical (unpaired) electrons. The lowest BCUT2D eigenvalue weighted by molar-refractivity contribution is -0.116. The maximum absolute atomic E-state index is 13.1. The average Bonchev–Trinajstić information content (AvgIpc) is 2.75. The Morgan fingerprint density at radius 1 is 1.00 bits per heavy atom. The van der Waals surface area contributed by atoms with Gasteiger partial charge in [0.2, 0.25) is 15.9 Å². The Morgan fingerprint density at radius 3 is 2.06 bits per heavy atom. The fourth-order valence-corrected chi connectivity index (χ4v) is 6.46. The summed E-state index contributed by atoms with van der Waals surface area (Å²) in [5, 5.41) is 2.90. The highest BCUT2D eigenvalue weighted by atomic mass is 32.2. The number of nitrogens with zero attached hydrogens (tertiary/aromatic N) is 2. The molecule has 0 unspecified atom stereocenters. The molecule has 2 aromatic rings. The number of nitrogens with one attached hydrogen (secondary N) is 1. The zero-order valence-corrected chi connectivity index (χ0v) is 21.7. The van der Waals surface area contributed by atoms with Gasteiger partial charge in [-0.3, -0.25) is 9.59 Å². The second-order valence-electron chi connectivity index (χ2n) is 9.78. The van der Waals surface area contributed by atoms with Crippen LogP contribution < -0.4 is 5.32 Å². The molecule has 184 valence electrons. The first-order valence-electron chi connectivity index (χ1n) is 11.6. The van der Waals surface area contributed by atoms with Gasteiger partial charge >= 0.3 is 0 Å². The molecule has 2 atom stereocenters. The topological polar surface area (TPSA) is 86.8 Å². The molecule has 2 aromatic carbocycles. The van der Waals surface area contributed by atoms with Gasteiger partial charge in [0.15, 0.2) is 0 Å². The first-order valence-corrected chi connectivity index (χ1v) is 13.1. The molecule has 1 heterocycles. The van der Waals surface area contributed by atoms with Crippen LogP contribution in [0.15, 0.2) is 41.3 Å². The van der Waals surface area contributed by atoms with Gasteiger partial charge in [0, 0.05) is 31.4 Å². The van der Waals surface area contributed by atoms with E-state index in [1.54, 1.807) is 7.05 Å². The van der Waals surface area contributed by atoms with Gasteiger partial charge < -0.3 is 10.2 Å². The number of rotatable bonds is 6. The molecule has 0 aromatic heterocycles. The van der Waals surface area contributed by atoms with Gasteiger partial charge in [0.05, 0.1) is 11.4 Å². The molecule has 1 saturated heterocycles. The van der Waals surface area contributed by atoms with Crippen molar-refractivity contribution in [2.45, 2.75) is 45.9 Å². The lowest BCUT2D eigenvalue weighted by atomic mass is 9.94. The normalized spacial score (nSPS) is 19.0. The molecule has 0 aliphatic carbocycles. The molecular formula is C26H35N3O4S. The number of hydrogen-bond donors (Lipinski definition) is 1. The van der Waals surface area contributed by atoms with Crippen LogP contribution in [0.5, 0.6) is 0 Å². The van der Waals surface area contributed by atoms with E-state index in [-0.39, 0.29) is 23.3 Å².